The van der Waals surface area contributed by atoms with Gasteiger partial charge >= 0.3 is 27.0 Å². The van der Waals surface area contributed by atoms with Gasteiger partial charge in [-0.05, 0) is 93.5 Å². The number of anilines is 2. The van der Waals surface area contributed by atoms with Gasteiger partial charge in [0.05, 0.1) is 50.2 Å². The van der Waals surface area contributed by atoms with Gasteiger partial charge in [-0.25, -0.2) is 40.1 Å². The van der Waals surface area contributed by atoms with Gasteiger partial charge in [0.15, 0.2) is 22.9 Å². The Bertz CT molecular complexity index is 2520. The number of fused-ring (bicyclic) bond motifs is 2. The van der Waals surface area contributed by atoms with Crippen molar-refractivity contribution < 1.29 is 46.7 Å². The van der Waals surface area contributed by atoms with E-state index in [1.807, 2.05) is 26.0 Å². The van der Waals surface area contributed by atoms with Crippen LogP contribution in [0.1, 0.15) is 69.2 Å². The third-order valence-electron chi connectivity index (χ3n) is 9.42. The van der Waals surface area contributed by atoms with E-state index in [2.05, 4.69) is 40.1 Å². The number of nitrogen functional groups attached to an aromatic ring is 2. The van der Waals surface area contributed by atoms with Crippen LogP contribution >= 0.6 is 15.0 Å². The molecule has 0 unspecified atom stereocenters. The number of rotatable bonds is 22. The molecule has 0 saturated carbocycles. The zero-order valence-electron chi connectivity index (χ0n) is 39.9. The molecule has 4 aromatic heterocycles. The molecule has 0 aliphatic heterocycles. The fourth-order valence-corrected chi connectivity index (χ4v) is 10.3. The molecule has 0 bridgehead atoms. The first kappa shape index (κ1) is 52.9. The van der Waals surface area contributed by atoms with Crippen molar-refractivity contribution >= 4 is 60.9 Å². The lowest BCUT2D eigenvalue weighted by molar-refractivity contribution is -0.154. The minimum Gasteiger partial charge on any atom is -0.462 e. The summed E-state index contributed by atoms with van der Waals surface area (Å²) in [7, 11) is -7.41. The number of para-hydroxylation sites is 2. The number of nitrogens with one attached hydrogen (secondary N) is 2. The molecule has 0 amide bonds. The predicted molar refractivity (Wildman–Crippen MR) is 257 cm³/mol. The number of aromatic nitrogens is 8. The maximum absolute atomic E-state index is 13.8. The molecule has 6 aromatic rings. The van der Waals surface area contributed by atoms with Crippen LogP contribution in [0.5, 0.6) is 11.5 Å². The second kappa shape index (κ2) is 22.9. The number of carbonyl (C=O) groups excluding carboxylic acids is 2. The molecule has 0 aliphatic rings. The average molecular weight is 981 g/mol. The highest BCUT2D eigenvalue weighted by Gasteiger charge is 2.41. The summed E-state index contributed by atoms with van der Waals surface area (Å²) in [6.45, 7) is 17.7. The SMILES string of the molecule is CC(C)OC(=O)C(C)(C)N[P@@](=O)(CO[C@H](C)Cn1cnc2c(N)ncnc21)Oc1ccccc1.CC(C)OC(=O)C(C)(C)N[P@](=O)(CO[C@H](C)Cn1cnc2c(N)ncnc21)Oc1ccccc1. The van der Waals surface area contributed by atoms with Crippen molar-refractivity contribution in [2.45, 2.75) is 118 Å². The van der Waals surface area contributed by atoms with Crippen LogP contribution in [0.25, 0.3) is 22.3 Å². The zero-order chi connectivity index (χ0) is 49.9. The molecule has 68 heavy (non-hydrogen) atoms. The van der Waals surface area contributed by atoms with E-state index in [4.69, 9.17) is 39.5 Å². The maximum Gasteiger partial charge on any atom is 0.342 e. The predicted octanol–water partition coefficient (Wildman–Crippen LogP) is 6.73. The minimum atomic E-state index is -3.70. The van der Waals surface area contributed by atoms with Gasteiger partial charge < -0.3 is 48.6 Å². The lowest BCUT2D eigenvalue weighted by Crippen LogP contribution is -2.48. The van der Waals surface area contributed by atoms with E-state index in [0.29, 0.717) is 46.9 Å². The van der Waals surface area contributed by atoms with Crippen LogP contribution in [-0.2, 0) is 50.8 Å². The number of hydrogen-bond acceptors (Lipinski definition) is 18. The number of carbonyl (C=O) groups is 2. The highest BCUT2D eigenvalue weighted by Crippen LogP contribution is 2.47. The van der Waals surface area contributed by atoms with Gasteiger partial charge in [0.2, 0.25) is 0 Å². The molecular weight excluding hydrogens is 919 g/mol. The van der Waals surface area contributed by atoms with Gasteiger partial charge in [0.25, 0.3) is 0 Å². The quantitative estimate of drug-likeness (QED) is 0.0405. The first-order chi connectivity index (χ1) is 32.0. The Balaban J connectivity index is 0.000000254. The summed E-state index contributed by atoms with van der Waals surface area (Å²) in [5.74, 6) is 0.255. The Morgan fingerprint density at radius 2 is 0.941 bits per heavy atom. The highest BCUT2D eigenvalue weighted by atomic mass is 31.2. The van der Waals surface area contributed by atoms with Crippen molar-refractivity contribution in [1.82, 2.24) is 49.2 Å². The van der Waals surface area contributed by atoms with Gasteiger partial charge in [-0.15, -0.1) is 0 Å². The van der Waals surface area contributed by atoms with Crippen LogP contribution in [0, 0.1) is 0 Å². The molecule has 6 rings (SSSR count). The monoisotopic (exact) mass is 980 g/mol. The van der Waals surface area contributed by atoms with Crippen LogP contribution in [0.2, 0.25) is 0 Å². The summed E-state index contributed by atoms with van der Waals surface area (Å²) in [6, 6.07) is 17.4. The summed E-state index contributed by atoms with van der Waals surface area (Å²) in [6.07, 6.45) is 3.93. The first-order valence-corrected chi connectivity index (χ1v) is 25.3. The van der Waals surface area contributed by atoms with E-state index in [0.717, 1.165) is 0 Å². The van der Waals surface area contributed by atoms with E-state index in [9.17, 15) is 18.7 Å². The lowest BCUT2D eigenvalue weighted by Gasteiger charge is -2.31. The van der Waals surface area contributed by atoms with Crippen LogP contribution in [-0.4, -0.2) is 99.2 Å². The maximum atomic E-state index is 13.8. The van der Waals surface area contributed by atoms with E-state index in [1.165, 1.54) is 12.7 Å². The van der Waals surface area contributed by atoms with Crippen molar-refractivity contribution in [1.29, 1.82) is 0 Å². The standard InChI is InChI=1S/2C22H31N6O5P/c2*1-15(2)32-21(29)22(4,5)27-34(30,33-17-9-7-6-8-10-17)14-31-16(3)11-28-13-26-18-19(23)24-12-25-20(18)28/h2*6-10,12-13,15-16H,11,14H2,1-5H3,(H,27,30)(H2,23,24,25)/t16-,34+;16-,34-/m11/s1. The van der Waals surface area contributed by atoms with Crippen molar-refractivity contribution in [3.63, 3.8) is 0 Å². The van der Waals surface area contributed by atoms with Gasteiger partial charge in [0.1, 0.15) is 59.0 Å². The largest absolute Gasteiger partial charge is 0.462 e. The fraction of sp³-hybridized carbons (Fsp3) is 0.455. The zero-order valence-corrected chi connectivity index (χ0v) is 41.7. The molecule has 2 aromatic carbocycles. The molecule has 22 nitrogen and oxygen atoms in total. The first-order valence-electron chi connectivity index (χ1n) is 21.7. The number of nitrogens with zero attached hydrogens (tertiary/aromatic N) is 8. The van der Waals surface area contributed by atoms with Crippen molar-refractivity contribution in [3.8, 4) is 11.5 Å². The molecule has 368 valence electrons. The van der Waals surface area contributed by atoms with Crippen molar-refractivity contribution in [2.75, 3.05) is 24.2 Å². The summed E-state index contributed by atoms with van der Waals surface area (Å²) in [4.78, 5) is 49.9. The van der Waals surface area contributed by atoms with Gasteiger partial charge in [-0.2, -0.15) is 0 Å². The molecule has 0 aliphatic carbocycles. The number of hydrogen-bond donors (Lipinski definition) is 4. The third-order valence-corrected chi connectivity index (χ3v) is 13.2. The second-order valence-electron chi connectivity index (χ2n) is 17.4. The molecular formula is C44H62N12O10P2. The molecule has 0 saturated heterocycles. The van der Waals surface area contributed by atoms with Gasteiger partial charge in [-0.3, -0.25) is 18.7 Å². The number of nitrogens with two attached hydrogens (primary N) is 2. The van der Waals surface area contributed by atoms with Gasteiger partial charge in [0, 0.05) is 0 Å². The molecule has 0 fully saturated rings. The highest BCUT2D eigenvalue weighted by molar-refractivity contribution is 7.57. The number of benzene rings is 2. The third kappa shape index (κ3) is 15.0. The van der Waals surface area contributed by atoms with Crippen LogP contribution < -0.4 is 30.7 Å². The Hall–Kier alpha value is -6.02. The Kier molecular flexibility index (Phi) is 17.8. The Labute approximate surface area is 395 Å². The summed E-state index contributed by atoms with van der Waals surface area (Å²) >= 11 is 0. The lowest BCUT2D eigenvalue weighted by atomic mass is 10.1. The summed E-state index contributed by atoms with van der Waals surface area (Å²) in [5, 5.41) is 5.70. The normalized spacial score (nSPS) is 14.6. The van der Waals surface area contributed by atoms with E-state index < -0.39 is 50.3 Å². The molecule has 6 N–H and O–H groups in total. The molecule has 4 heterocycles. The number of esters is 2. The Morgan fingerprint density at radius 3 is 1.28 bits per heavy atom. The minimum absolute atomic E-state index is 0.287. The smallest absolute Gasteiger partial charge is 0.342 e. The van der Waals surface area contributed by atoms with Crippen molar-refractivity contribution in [3.05, 3.63) is 86.0 Å². The number of ether oxygens (including phenoxy) is 4. The van der Waals surface area contributed by atoms with Crippen molar-refractivity contribution in [2.24, 2.45) is 0 Å². The summed E-state index contributed by atoms with van der Waals surface area (Å²) < 4.78 is 65.3. The van der Waals surface area contributed by atoms with E-state index in [1.54, 1.807) is 126 Å². The molecule has 24 heteroatoms. The summed E-state index contributed by atoms with van der Waals surface area (Å²) in [5.41, 5.74) is 11.3. The number of imidazole rings is 2. The molecule has 0 radical (unpaired) electrons. The van der Waals surface area contributed by atoms with E-state index >= 15 is 0 Å². The molecule has 4 atom stereocenters. The average Bonchev–Trinajstić information content (AvgIpc) is 3.87. The van der Waals surface area contributed by atoms with Gasteiger partial charge in [-0.1, -0.05) is 36.4 Å². The van der Waals surface area contributed by atoms with Crippen LogP contribution in [0.4, 0.5) is 11.6 Å². The Morgan fingerprint density at radius 1 is 0.588 bits per heavy atom. The fourth-order valence-electron chi connectivity index (χ4n) is 6.31. The molecule has 0 spiro atoms. The second-order valence-corrected chi connectivity index (χ2v) is 21.4. The van der Waals surface area contributed by atoms with Crippen LogP contribution in [0.3, 0.4) is 0 Å². The van der Waals surface area contributed by atoms with Crippen LogP contribution in [0.15, 0.2) is 86.0 Å². The van der Waals surface area contributed by atoms with E-state index in [-0.39, 0.29) is 36.5 Å². The topological polar surface area (TPSA) is 287 Å².